The first-order chi connectivity index (χ1) is 12.8. The Hall–Kier alpha value is -2.74. The van der Waals surface area contributed by atoms with Crippen LogP contribution in [0.5, 0.6) is 11.5 Å². The number of pyridine rings is 1. The van der Waals surface area contributed by atoms with Gasteiger partial charge < -0.3 is 14.0 Å². The third kappa shape index (κ3) is 4.33. The Morgan fingerprint density at radius 3 is 2.44 bits per heavy atom. The Morgan fingerprint density at radius 2 is 1.85 bits per heavy atom. The van der Waals surface area contributed by atoms with Gasteiger partial charge in [0.15, 0.2) is 17.2 Å². The molecule has 0 radical (unpaired) electrons. The topological polar surface area (TPSA) is 49.2 Å². The van der Waals surface area contributed by atoms with Crippen LogP contribution in [0.3, 0.4) is 0 Å². The summed E-state index contributed by atoms with van der Waals surface area (Å²) in [6.07, 6.45) is -2.06. The number of alkyl halides is 3. The van der Waals surface area contributed by atoms with Gasteiger partial charge in [-0.1, -0.05) is 35.9 Å². The Balaban J connectivity index is 1.75. The van der Waals surface area contributed by atoms with Gasteiger partial charge in [0.1, 0.15) is 17.6 Å². The number of imidazole rings is 1. The predicted octanol–water partition coefficient (Wildman–Crippen LogP) is 4.74. The second-order valence-electron chi connectivity index (χ2n) is 5.70. The minimum atomic E-state index is -4.48. The first-order valence-electron chi connectivity index (χ1n) is 7.80. The monoisotopic (exact) mass is 397 g/mol. The molecule has 142 valence electrons. The summed E-state index contributed by atoms with van der Waals surface area (Å²) in [5.41, 5.74) is 0.467. The van der Waals surface area contributed by atoms with Crippen LogP contribution in [0, 0.1) is 0 Å². The van der Waals surface area contributed by atoms with Gasteiger partial charge in [0.05, 0.1) is 13.3 Å². The SMILES string of the molecule is COc1cnc(Cl)cc1OCc1ccc(-c2nc(C(F)(F)F)cn2C)cc1. The van der Waals surface area contributed by atoms with Gasteiger partial charge in [-0.2, -0.15) is 13.2 Å². The number of methoxy groups -OCH3 is 1. The van der Waals surface area contributed by atoms with Gasteiger partial charge in [-0.05, 0) is 5.56 Å². The summed E-state index contributed by atoms with van der Waals surface area (Å²) in [5, 5.41) is 0.274. The van der Waals surface area contributed by atoms with Gasteiger partial charge in [-0.3, -0.25) is 0 Å². The first kappa shape index (κ1) is 19.0. The van der Waals surface area contributed by atoms with Crippen LogP contribution in [0.15, 0.2) is 42.7 Å². The summed E-state index contributed by atoms with van der Waals surface area (Å²) in [4.78, 5) is 7.58. The zero-order valence-electron chi connectivity index (χ0n) is 14.4. The molecule has 0 N–H and O–H groups in total. The summed E-state index contributed by atoms with van der Waals surface area (Å²) in [7, 11) is 3.02. The van der Waals surface area contributed by atoms with Crippen molar-refractivity contribution in [2.75, 3.05) is 7.11 Å². The number of halogens is 4. The van der Waals surface area contributed by atoms with Crippen molar-refractivity contribution in [3.63, 3.8) is 0 Å². The lowest BCUT2D eigenvalue weighted by Gasteiger charge is -2.11. The number of aromatic nitrogens is 3. The highest BCUT2D eigenvalue weighted by atomic mass is 35.5. The molecule has 0 atom stereocenters. The van der Waals surface area contributed by atoms with Crippen molar-refractivity contribution in [2.45, 2.75) is 12.8 Å². The van der Waals surface area contributed by atoms with Crippen LogP contribution in [0.2, 0.25) is 5.15 Å². The van der Waals surface area contributed by atoms with Crippen LogP contribution in [0.25, 0.3) is 11.4 Å². The number of rotatable bonds is 5. The average molecular weight is 398 g/mol. The van der Waals surface area contributed by atoms with Crippen molar-refractivity contribution in [3.05, 3.63) is 59.1 Å². The number of aryl methyl sites for hydroxylation is 1. The third-order valence-corrected chi connectivity index (χ3v) is 4.00. The van der Waals surface area contributed by atoms with E-state index in [0.717, 1.165) is 11.8 Å². The fourth-order valence-corrected chi connectivity index (χ4v) is 2.60. The smallest absolute Gasteiger partial charge is 0.434 e. The number of benzene rings is 1. The lowest BCUT2D eigenvalue weighted by molar-refractivity contribution is -0.140. The normalized spacial score (nSPS) is 11.5. The highest BCUT2D eigenvalue weighted by Gasteiger charge is 2.34. The van der Waals surface area contributed by atoms with Crippen LogP contribution in [-0.2, 0) is 19.8 Å². The summed E-state index contributed by atoms with van der Waals surface area (Å²) < 4.78 is 50.6. The average Bonchev–Trinajstić information content (AvgIpc) is 3.03. The van der Waals surface area contributed by atoms with Gasteiger partial charge in [-0.15, -0.1) is 0 Å². The molecule has 0 aliphatic carbocycles. The van der Waals surface area contributed by atoms with Crippen molar-refractivity contribution in [1.29, 1.82) is 0 Å². The molecule has 3 rings (SSSR count). The van der Waals surface area contributed by atoms with Crippen molar-refractivity contribution in [1.82, 2.24) is 14.5 Å². The maximum atomic E-state index is 12.8. The minimum Gasteiger partial charge on any atom is -0.491 e. The van der Waals surface area contributed by atoms with Gasteiger partial charge in [-0.25, -0.2) is 9.97 Å². The Morgan fingerprint density at radius 1 is 1.15 bits per heavy atom. The van der Waals surface area contributed by atoms with Gasteiger partial charge >= 0.3 is 6.18 Å². The van der Waals surface area contributed by atoms with Crippen LogP contribution in [0.1, 0.15) is 11.3 Å². The van der Waals surface area contributed by atoms with E-state index in [-0.39, 0.29) is 17.6 Å². The molecule has 3 aromatic rings. The summed E-state index contributed by atoms with van der Waals surface area (Å²) in [5.74, 6) is 1.13. The number of hydrogen-bond acceptors (Lipinski definition) is 4. The number of ether oxygens (including phenoxy) is 2. The molecule has 0 aliphatic heterocycles. The Kier molecular flexibility index (Phi) is 5.27. The zero-order chi connectivity index (χ0) is 19.6. The molecule has 0 amide bonds. The summed E-state index contributed by atoms with van der Waals surface area (Å²) in [6.45, 7) is 0.228. The Labute approximate surface area is 158 Å². The molecule has 1 aromatic carbocycles. The standard InChI is InChI=1S/C18H15ClF3N3O2/c1-25-9-15(18(20,21)22)24-17(25)12-5-3-11(4-6-12)10-27-13-7-16(19)23-8-14(13)26-2/h3-9H,10H2,1-2H3. The fraction of sp³-hybridized carbons (Fsp3) is 0.222. The minimum absolute atomic E-state index is 0.228. The van der Waals surface area contributed by atoms with Crippen LogP contribution in [-0.4, -0.2) is 21.6 Å². The van der Waals surface area contributed by atoms with E-state index in [1.54, 1.807) is 30.3 Å². The quantitative estimate of drug-likeness (QED) is 0.583. The largest absolute Gasteiger partial charge is 0.491 e. The predicted molar refractivity (Wildman–Crippen MR) is 93.8 cm³/mol. The van der Waals surface area contributed by atoms with E-state index in [9.17, 15) is 13.2 Å². The highest BCUT2D eigenvalue weighted by molar-refractivity contribution is 6.29. The summed E-state index contributed by atoms with van der Waals surface area (Å²) in [6, 6.07) is 8.44. The van der Waals surface area contributed by atoms with Crippen LogP contribution in [0.4, 0.5) is 13.2 Å². The molecule has 0 unspecified atom stereocenters. The molecule has 5 nitrogen and oxygen atoms in total. The van der Waals surface area contributed by atoms with Crippen LogP contribution < -0.4 is 9.47 Å². The molecular formula is C18H15ClF3N3O2. The van der Waals surface area contributed by atoms with Crippen molar-refractivity contribution >= 4 is 11.6 Å². The second kappa shape index (κ2) is 7.48. The molecule has 27 heavy (non-hydrogen) atoms. The molecule has 0 saturated heterocycles. The van der Waals surface area contributed by atoms with Crippen molar-refractivity contribution in [2.24, 2.45) is 7.05 Å². The molecule has 2 heterocycles. The van der Waals surface area contributed by atoms with Gasteiger partial charge in [0.25, 0.3) is 0 Å². The van der Waals surface area contributed by atoms with E-state index in [1.807, 2.05) is 0 Å². The van der Waals surface area contributed by atoms with E-state index in [1.165, 1.54) is 24.9 Å². The van der Waals surface area contributed by atoms with E-state index in [0.29, 0.717) is 17.1 Å². The zero-order valence-corrected chi connectivity index (χ0v) is 15.2. The lowest BCUT2D eigenvalue weighted by Crippen LogP contribution is -2.04. The highest BCUT2D eigenvalue weighted by Crippen LogP contribution is 2.31. The molecule has 9 heteroatoms. The molecule has 0 spiro atoms. The molecule has 0 fully saturated rings. The van der Waals surface area contributed by atoms with Crippen molar-refractivity contribution < 1.29 is 22.6 Å². The summed E-state index contributed by atoms with van der Waals surface area (Å²) >= 11 is 5.86. The van der Waals surface area contributed by atoms with E-state index < -0.39 is 11.9 Å². The molecule has 2 aromatic heterocycles. The second-order valence-corrected chi connectivity index (χ2v) is 6.09. The lowest BCUT2D eigenvalue weighted by atomic mass is 10.1. The molecule has 0 bridgehead atoms. The molecule has 0 aliphatic rings. The first-order valence-corrected chi connectivity index (χ1v) is 8.18. The number of nitrogens with zero attached hydrogens (tertiary/aromatic N) is 3. The fourth-order valence-electron chi connectivity index (χ4n) is 2.45. The van der Waals surface area contributed by atoms with Gasteiger partial charge in [0, 0.05) is 24.9 Å². The third-order valence-electron chi connectivity index (χ3n) is 3.79. The number of hydrogen-bond donors (Lipinski definition) is 0. The van der Waals surface area contributed by atoms with Gasteiger partial charge in [0.2, 0.25) is 0 Å². The maximum Gasteiger partial charge on any atom is 0.434 e. The van der Waals surface area contributed by atoms with Crippen LogP contribution >= 0.6 is 11.6 Å². The van der Waals surface area contributed by atoms with E-state index in [4.69, 9.17) is 21.1 Å². The Bertz CT molecular complexity index is 940. The maximum absolute atomic E-state index is 12.8. The molecular weight excluding hydrogens is 383 g/mol. The van der Waals surface area contributed by atoms with E-state index >= 15 is 0 Å². The molecule has 0 saturated carbocycles. The van der Waals surface area contributed by atoms with Crippen molar-refractivity contribution in [3.8, 4) is 22.9 Å². The van der Waals surface area contributed by atoms with E-state index in [2.05, 4.69) is 9.97 Å².